The van der Waals surface area contributed by atoms with Crippen molar-refractivity contribution < 1.29 is 9.50 Å². The second-order valence-corrected chi connectivity index (χ2v) is 4.92. The van der Waals surface area contributed by atoms with Gasteiger partial charge in [0, 0.05) is 5.56 Å². The number of phenols is 1. The number of rotatable bonds is 3. The molecule has 15 heavy (non-hydrogen) atoms. The number of halogens is 1. The summed E-state index contributed by atoms with van der Waals surface area (Å²) in [6, 6.07) is 5.22. The lowest BCUT2D eigenvalue weighted by Gasteiger charge is -2.17. The van der Waals surface area contributed by atoms with Crippen molar-refractivity contribution in [3.63, 3.8) is 0 Å². The molecule has 2 heteroatoms. The number of aromatic hydroxyl groups is 1. The maximum atomic E-state index is 13.6. The van der Waals surface area contributed by atoms with Crippen LogP contribution in [0.2, 0.25) is 0 Å². The van der Waals surface area contributed by atoms with Gasteiger partial charge in [0.2, 0.25) is 0 Å². The third-order valence-corrected chi connectivity index (χ3v) is 2.35. The van der Waals surface area contributed by atoms with Gasteiger partial charge in [0.1, 0.15) is 11.4 Å². The number of phenolic OH excluding ortho intramolecular Hbond substituents is 1. The van der Waals surface area contributed by atoms with E-state index in [9.17, 15) is 9.50 Å². The first kappa shape index (κ1) is 12.0. The minimum Gasteiger partial charge on any atom is -0.508 e. The highest BCUT2D eigenvalue weighted by atomic mass is 19.1. The van der Waals surface area contributed by atoms with E-state index < -0.39 is 5.67 Å². The minimum atomic E-state index is -1.49. The van der Waals surface area contributed by atoms with Gasteiger partial charge in [0.15, 0.2) is 0 Å². The lowest BCUT2D eigenvalue weighted by molar-refractivity contribution is 0.214. The van der Waals surface area contributed by atoms with Crippen molar-refractivity contribution in [2.75, 3.05) is 0 Å². The third kappa shape index (κ3) is 3.22. The molecule has 0 bridgehead atoms. The Morgan fingerprint density at radius 2 is 1.93 bits per heavy atom. The molecule has 1 nitrogen and oxygen atoms in total. The van der Waals surface area contributed by atoms with Gasteiger partial charge >= 0.3 is 0 Å². The van der Waals surface area contributed by atoms with Gasteiger partial charge in [-0.05, 0) is 37.8 Å². The molecule has 0 atom stereocenters. The van der Waals surface area contributed by atoms with Crippen molar-refractivity contribution in [3.8, 4) is 5.75 Å². The molecule has 0 aliphatic heterocycles. The zero-order valence-corrected chi connectivity index (χ0v) is 9.84. The van der Waals surface area contributed by atoms with Crippen molar-refractivity contribution in [2.24, 2.45) is 5.92 Å². The molecule has 0 saturated heterocycles. The van der Waals surface area contributed by atoms with E-state index in [-0.39, 0.29) is 5.75 Å². The van der Waals surface area contributed by atoms with E-state index in [0.717, 1.165) is 12.0 Å². The molecule has 0 saturated carbocycles. The molecule has 84 valence electrons. The van der Waals surface area contributed by atoms with Gasteiger partial charge < -0.3 is 5.11 Å². The van der Waals surface area contributed by atoms with Gasteiger partial charge in [-0.3, -0.25) is 0 Å². The summed E-state index contributed by atoms with van der Waals surface area (Å²) in [5.74, 6) is 0.592. The number of alkyl halides is 1. The van der Waals surface area contributed by atoms with Crippen LogP contribution in [0.25, 0.3) is 0 Å². The van der Waals surface area contributed by atoms with Gasteiger partial charge in [-0.2, -0.15) is 0 Å². The van der Waals surface area contributed by atoms with Gasteiger partial charge in [0.05, 0.1) is 0 Å². The van der Waals surface area contributed by atoms with Crippen LogP contribution in [-0.4, -0.2) is 5.11 Å². The highest BCUT2D eigenvalue weighted by Gasteiger charge is 2.22. The Bertz CT molecular complexity index is 337. The van der Waals surface area contributed by atoms with Gasteiger partial charge in [-0.15, -0.1) is 0 Å². The lowest BCUT2D eigenvalue weighted by Crippen LogP contribution is -2.09. The van der Waals surface area contributed by atoms with Crippen LogP contribution in [0.15, 0.2) is 18.2 Å². The van der Waals surface area contributed by atoms with Crippen molar-refractivity contribution >= 4 is 0 Å². The minimum absolute atomic E-state index is 0.0562. The Balaban J connectivity index is 2.99. The van der Waals surface area contributed by atoms with Crippen molar-refractivity contribution in [3.05, 3.63) is 29.3 Å². The molecular formula is C13H19FO. The van der Waals surface area contributed by atoms with E-state index in [1.807, 2.05) is 6.07 Å². The van der Waals surface area contributed by atoms with Gasteiger partial charge in [-0.25, -0.2) is 4.39 Å². The monoisotopic (exact) mass is 210 g/mol. The molecule has 1 N–H and O–H groups in total. The predicted octanol–water partition coefficient (Wildman–Crippen LogP) is 3.80. The second kappa shape index (κ2) is 4.21. The Morgan fingerprint density at radius 1 is 1.33 bits per heavy atom. The first-order valence-corrected chi connectivity index (χ1v) is 5.32. The Kier molecular flexibility index (Phi) is 3.38. The summed E-state index contributed by atoms with van der Waals surface area (Å²) in [6.45, 7) is 7.13. The van der Waals surface area contributed by atoms with E-state index in [0.29, 0.717) is 11.5 Å². The summed E-state index contributed by atoms with van der Waals surface area (Å²) in [5.41, 5.74) is -0.0778. The molecule has 0 fully saturated rings. The number of hydrogen-bond acceptors (Lipinski definition) is 1. The van der Waals surface area contributed by atoms with Crippen molar-refractivity contribution in [1.29, 1.82) is 0 Å². The van der Waals surface area contributed by atoms with E-state index in [2.05, 4.69) is 13.8 Å². The molecule has 1 rings (SSSR count). The van der Waals surface area contributed by atoms with Crippen LogP contribution in [-0.2, 0) is 12.1 Å². The first-order chi connectivity index (χ1) is 6.80. The zero-order valence-electron chi connectivity index (χ0n) is 9.84. The maximum absolute atomic E-state index is 13.6. The van der Waals surface area contributed by atoms with Gasteiger partial charge in [0.25, 0.3) is 0 Å². The lowest BCUT2D eigenvalue weighted by atomic mass is 9.95. The van der Waals surface area contributed by atoms with Crippen molar-refractivity contribution in [2.45, 2.75) is 39.8 Å². The summed E-state index contributed by atoms with van der Waals surface area (Å²) in [6.07, 6.45) is 0.903. The Morgan fingerprint density at radius 3 is 2.33 bits per heavy atom. The molecule has 0 spiro atoms. The summed E-state index contributed by atoms with van der Waals surface area (Å²) in [4.78, 5) is 0. The fourth-order valence-corrected chi connectivity index (χ4v) is 1.68. The quantitative estimate of drug-likeness (QED) is 0.804. The predicted molar refractivity (Wildman–Crippen MR) is 60.8 cm³/mol. The molecule has 0 radical (unpaired) electrons. The van der Waals surface area contributed by atoms with Crippen LogP contribution < -0.4 is 0 Å². The molecule has 0 unspecified atom stereocenters. The molecule has 0 amide bonds. The smallest absolute Gasteiger partial charge is 0.134 e. The number of hydrogen-bond donors (Lipinski definition) is 1. The fraction of sp³-hybridized carbons (Fsp3) is 0.538. The molecule has 1 aromatic carbocycles. The average molecular weight is 210 g/mol. The topological polar surface area (TPSA) is 20.2 Å². The fourth-order valence-electron chi connectivity index (χ4n) is 1.68. The summed E-state index contributed by atoms with van der Waals surface area (Å²) >= 11 is 0. The Labute approximate surface area is 90.9 Å². The molecule has 0 heterocycles. The first-order valence-electron chi connectivity index (χ1n) is 5.32. The summed E-state index contributed by atoms with van der Waals surface area (Å²) in [5, 5.41) is 9.70. The van der Waals surface area contributed by atoms with Crippen LogP contribution in [0.4, 0.5) is 4.39 Å². The highest BCUT2D eigenvalue weighted by Crippen LogP contribution is 2.32. The molecule has 0 aliphatic carbocycles. The zero-order chi connectivity index (χ0) is 11.6. The van der Waals surface area contributed by atoms with E-state index in [4.69, 9.17) is 0 Å². The van der Waals surface area contributed by atoms with Gasteiger partial charge in [-0.1, -0.05) is 26.0 Å². The van der Waals surface area contributed by atoms with Crippen LogP contribution in [0.1, 0.15) is 38.8 Å². The summed E-state index contributed by atoms with van der Waals surface area (Å²) < 4.78 is 13.6. The van der Waals surface area contributed by atoms with Crippen LogP contribution >= 0.6 is 0 Å². The SMILES string of the molecule is CC(C)Cc1ccc(C(C)(C)F)c(O)c1. The van der Waals surface area contributed by atoms with Crippen LogP contribution in [0.5, 0.6) is 5.75 Å². The molecular weight excluding hydrogens is 191 g/mol. The van der Waals surface area contributed by atoms with Crippen LogP contribution in [0, 0.1) is 5.92 Å². The normalized spacial score (nSPS) is 12.1. The van der Waals surface area contributed by atoms with Crippen molar-refractivity contribution in [1.82, 2.24) is 0 Å². The standard InChI is InChI=1S/C13H19FO/c1-9(2)7-10-5-6-11(12(15)8-10)13(3,4)14/h5-6,8-9,15H,7H2,1-4H3. The second-order valence-electron chi connectivity index (χ2n) is 4.92. The van der Waals surface area contributed by atoms with Crippen LogP contribution in [0.3, 0.4) is 0 Å². The van der Waals surface area contributed by atoms with E-state index >= 15 is 0 Å². The van der Waals surface area contributed by atoms with E-state index in [1.54, 1.807) is 12.1 Å². The number of benzene rings is 1. The molecule has 1 aromatic rings. The maximum Gasteiger partial charge on any atom is 0.134 e. The molecule has 0 aromatic heterocycles. The largest absolute Gasteiger partial charge is 0.508 e. The summed E-state index contributed by atoms with van der Waals surface area (Å²) in [7, 11) is 0. The third-order valence-electron chi connectivity index (χ3n) is 2.35. The van der Waals surface area contributed by atoms with E-state index in [1.165, 1.54) is 13.8 Å². The molecule has 0 aliphatic rings. The average Bonchev–Trinajstić information content (AvgIpc) is 1.99. The Hall–Kier alpha value is -1.05. The highest BCUT2D eigenvalue weighted by molar-refractivity contribution is 5.39.